The lowest BCUT2D eigenvalue weighted by Crippen LogP contribution is -2.35. The van der Waals surface area contributed by atoms with Gasteiger partial charge in [0.2, 0.25) is 10.0 Å². The number of rotatable bonds is 3. The van der Waals surface area contributed by atoms with Gasteiger partial charge in [-0.15, -0.1) is 13.2 Å². The molecule has 0 amide bonds. The Morgan fingerprint density at radius 3 is 2.71 bits per heavy atom. The van der Waals surface area contributed by atoms with Crippen LogP contribution in [-0.4, -0.2) is 43.7 Å². The van der Waals surface area contributed by atoms with Crippen LogP contribution in [0.15, 0.2) is 47.5 Å². The third-order valence-corrected chi connectivity index (χ3v) is 6.95. The Hall–Kier alpha value is -2.17. The summed E-state index contributed by atoms with van der Waals surface area (Å²) in [4.78, 5) is 3.94. The minimum atomic E-state index is -4.98. The number of para-hydroxylation sites is 1. The van der Waals surface area contributed by atoms with E-state index in [0.717, 1.165) is 23.4 Å². The van der Waals surface area contributed by atoms with Gasteiger partial charge in [0.15, 0.2) is 0 Å². The fourth-order valence-electron chi connectivity index (χ4n) is 3.87. The van der Waals surface area contributed by atoms with Crippen molar-refractivity contribution in [3.63, 3.8) is 0 Å². The Morgan fingerprint density at radius 1 is 1.14 bits per heavy atom. The van der Waals surface area contributed by atoms with Gasteiger partial charge in [-0.05, 0) is 36.2 Å². The monoisotopic (exact) mass is 413 g/mol. The van der Waals surface area contributed by atoms with Gasteiger partial charge in [0.25, 0.3) is 0 Å². The van der Waals surface area contributed by atoms with Crippen LogP contribution in [0.3, 0.4) is 0 Å². The largest absolute Gasteiger partial charge is 0.573 e. The van der Waals surface area contributed by atoms with E-state index in [1.807, 2.05) is 6.07 Å². The first-order valence-electron chi connectivity index (χ1n) is 8.75. The van der Waals surface area contributed by atoms with Crippen LogP contribution in [0.5, 0.6) is 5.75 Å². The van der Waals surface area contributed by atoms with Gasteiger partial charge < -0.3 is 10.1 Å². The second kappa shape index (κ2) is 7.02. The molecule has 0 spiro atoms. The van der Waals surface area contributed by atoms with E-state index in [-0.39, 0.29) is 24.9 Å². The number of alkyl halides is 3. The maximum Gasteiger partial charge on any atom is 0.573 e. The molecule has 1 aromatic heterocycles. The number of ether oxygens (including phenoxy) is 1. The predicted octanol–water partition coefficient (Wildman–Crippen LogP) is 2.49. The molecule has 10 heteroatoms. The molecule has 1 aromatic carbocycles. The number of nitrogens with one attached hydrogen (secondary N) is 1. The first kappa shape index (κ1) is 19.2. The number of fused-ring (bicyclic) bond motifs is 3. The molecule has 4 rings (SSSR count). The van der Waals surface area contributed by atoms with E-state index in [1.165, 1.54) is 16.4 Å². The summed E-state index contributed by atoms with van der Waals surface area (Å²) in [6.45, 7) is 1.55. The Labute approximate surface area is 160 Å². The molecule has 1 N–H and O–H groups in total. The molecule has 0 aliphatic carbocycles. The number of sulfonamides is 1. The fourth-order valence-corrected chi connectivity index (χ4v) is 5.46. The molecule has 1 fully saturated rings. The lowest BCUT2D eigenvalue weighted by atomic mass is 9.91. The molecule has 6 nitrogen and oxygen atoms in total. The summed E-state index contributed by atoms with van der Waals surface area (Å²) in [5, 5.41) is 3.25. The van der Waals surface area contributed by atoms with Gasteiger partial charge in [0.05, 0.1) is 0 Å². The van der Waals surface area contributed by atoms with E-state index >= 15 is 0 Å². The average molecular weight is 413 g/mol. The lowest BCUT2D eigenvalue weighted by Gasteiger charge is -2.24. The van der Waals surface area contributed by atoms with E-state index in [1.54, 1.807) is 12.3 Å². The van der Waals surface area contributed by atoms with E-state index in [0.29, 0.717) is 13.1 Å². The molecule has 0 bridgehead atoms. The first-order chi connectivity index (χ1) is 13.3. The smallest absolute Gasteiger partial charge is 0.404 e. The Bertz CT molecular complexity index is 981. The first-order valence-corrected chi connectivity index (χ1v) is 10.2. The number of pyridine rings is 1. The quantitative estimate of drug-likeness (QED) is 0.837. The second-order valence-corrected chi connectivity index (χ2v) is 8.77. The summed E-state index contributed by atoms with van der Waals surface area (Å²) in [7, 11) is -4.22. The number of halogens is 3. The third kappa shape index (κ3) is 3.59. The second-order valence-electron chi connectivity index (χ2n) is 6.86. The predicted molar refractivity (Wildman–Crippen MR) is 94.1 cm³/mol. The van der Waals surface area contributed by atoms with Crippen LogP contribution in [0, 0.1) is 5.92 Å². The van der Waals surface area contributed by atoms with Crippen molar-refractivity contribution in [1.82, 2.24) is 14.6 Å². The van der Waals surface area contributed by atoms with Crippen LogP contribution in [0.25, 0.3) is 0 Å². The van der Waals surface area contributed by atoms with Crippen molar-refractivity contribution in [3.05, 3.63) is 53.9 Å². The van der Waals surface area contributed by atoms with Crippen LogP contribution < -0.4 is 10.1 Å². The third-order valence-electron chi connectivity index (χ3n) is 5.09. The number of benzene rings is 1. The number of aromatic nitrogens is 1. The van der Waals surface area contributed by atoms with Gasteiger partial charge in [-0.1, -0.05) is 18.2 Å². The maximum atomic E-state index is 13.3. The Balaban J connectivity index is 1.75. The zero-order valence-corrected chi connectivity index (χ0v) is 15.5. The molecule has 28 heavy (non-hydrogen) atoms. The topological polar surface area (TPSA) is 71.5 Å². The molecule has 150 valence electrons. The molecule has 2 aromatic rings. The summed E-state index contributed by atoms with van der Waals surface area (Å²) < 4.78 is 70.0. The molecule has 3 heterocycles. The number of hydrogen-bond acceptors (Lipinski definition) is 5. The van der Waals surface area contributed by atoms with Crippen molar-refractivity contribution in [1.29, 1.82) is 0 Å². The van der Waals surface area contributed by atoms with Crippen LogP contribution in [0.2, 0.25) is 0 Å². The molecule has 0 radical (unpaired) electrons. The number of nitrogens with zero attached hydrogens (tertiary/aromatic N) is 2. The van der Waals surface area contributed by atoms with Crippen molar-refractivity contribution >= 4 is 10.0 Å². The highest BCUT2D eigenvalue weighted by Gasteiger charge is 2.41. The summed E-state index contributed by atoms with van der Waals surface area (Å²) in [5.41, 5.74) is 1.60. The summed E-state index contributed by atoms with van der Waals surface area (Å²) in [6, 6.07) is 8.36. The summed E-state index contributed by atoms with van der Waals surface area (Å²) in [5.74, 6) is -0.675. The lowest BCUT2D eigenvalue weighted by molar-refractivity contribution is -0.275. The highest BCUT2D eigenvalue weighted by Crippen LogP contribution is 2.37. The molecular weight excluding hydrogens is 395 g/mol. The molecule has 1 saturated heterocycles. The van der Waals surface area contributed by atoms with E-state index in [2.05, 4.69) is 15.0 Å². The molecule has 2 aliphatic rings. The van der Waals surface area contributed by atoms with Gasteiger partial charge in [-0.25, -0.2) is 8.42 Å². The Kier molecular flexibility index (Phi) is 4.80. The van der Waals surface area contributed by atoms with Crippen LogP contribution in [-0.2, 0) is 16.6 Å². The molecule has 0 saturated carbocycles. The summed E-state index contributed by atoms with van der Waals surface area (Å²) in [6.07, 6.45) is -3.31. The van der Waals surface area contributed by atoms with Gasteiger partial charge in [-0.3, -0.25) is 4.98 Å². The highest BCUT2D eigenvalue weighted by molar-refractivity contribution is 7.89. The van der Waals surface area contributed by atoms with Gasteiger partial charge in [0, 0.05) is 37.4 Å². The maximum absolute atomic E-state index is 13.3. The SMILES string of the molecule is O=S(=O)(c1ccccc1OC(F)(F)F)N1Cc2cccnc2C2CNCC2C1. The van der Waals surface area contributed by atoms with Gasteiger partial charge >= 0.3 is 6.36 Å². The van der Waals surface area contributed by atoms with Crippen molar-refractivity contribution in [2.75, 3.05) is 19.6 Å². The van der Waals surface area contributed by atoms with E-state index < -0.39 is 27.0 Å². The minimum Gasteiger partial charge on any atom is -0.404 e. The highest BCUT2D eigenvalue weighted by atomic mass is 32.2. The van der Waals surface area contributed by atoms with Crippen LogP contribution >= 0.6 is 0 Å². The van der Waals surface area contributed by atoms with Crippen molar-refractivity contribution in [2.24, 2.45) is 5.92 Å². The molecule has 2 aliphatic heterocycles. The van der Waals surface area contributed by atoms with Gasteiger partial charge in [-0.2, -0.15) is 4.31 Å². The van der Waals surface area contributed by atoms with Crippen molar-refractivity contribution in [3.8, 4) is 5.75 Å². The van der Waals surface area contributed by atoms with Crippen LogP contribution in [0.1, 0.15) is 17.2 Å². The molecule has 2 atom stereocenters. The van der Waals surface area contributed by atoms with E-state index in [9.17, 15) is 21.6 Å². The summed E-state index contributed by atoms with van der Waals surface area (Å²) >= 11 is 0. The standard InChI is InChI=1S/C18H18F3N3O3S/c19-18(20,21)27-15-5-1-2-6-16(15)28(25,26)24-10-12-4-3-7-23-17(12)14-9-22-8-13(14)11-24/h1-7,13-14,22H,8-11H2. The van der Waals surface area contributed by atoms with Gasteiger partial charge in [0.1, 0.15) is 10.6 Å². The zero-order valence-electron chi connectivity index (χ0n) is 14.7. The Morgan fingerprint density at radius 2 is 1.93 bits per heavy atom. The number of hydrogen-bond donors (Lipinski definition) is 1. The average Bonchev–Trinajstić information content (AvgIpc) is 3.02. The molecular formula is C18H18F3N3O3S. The van der Waals surface area contributed by atoms with Crippen molar-refractivity contribution in [2.45, 2.75) is 23.7 Å². The van der Waals surface area contributed by atoms with Crippen molar-refractivity contribution < 1.29 is 26.3 Å². The zero-order chi connectivity index (χ0) is 19.9. The van der Waals surface area contributed by atoms with E-state index in [4.69, 9.17) is 0 Å². The molecule has 2 unspecified atom stereocenters. The fraction of sp³-hybridized carbons (Fsp3) is 0.389. The minimum absolute atomic E-state index is 0.0124. The normalized spacial score (nSPS) is 23.0. The van der Waals surface area contributed by atoms with Crippen LogP contribution in [0.4, 0.5) is 13.2 Å².